The molecule has 0 radical (unpaired) electrons. The van der Waals surface area contributed by atoms with Crippen LogP contribution in [0, 0.1) is 5.92 Å². The molecule has 2 aliphatic rings. The van der Waals surface area contributed by atoms with Gasteiger partial charge in [-0.3, -0.25) is 4.79 Å². The van der Waals surface area contributed by atoms with E-state index in [1.54, 1.807) is 0 Å². The molecule has 0 aromatic rings. The van der Waals surface area contributed by atoms with Crippen molar-refractivity contribution in [3.63, 3.8) is 0 Å². The summed E-state index contributed by atoms with van der Waals surface area (Å²) in [5.41, 5.74) is 0. The molecule has 2 fully saturated rings. The Hall–Kier alpha value is -0.610. The van der Waals surface area contributed by atoms with Crippen LogP contribution in [0.15, 0.2) is 0 Å². The number of piperidine rings is 1. The van der Waals surface area contributed by atoms with Crippen LogP contribution in [-0.2, 0) is 9.53 Å². The summed E-state index contributed by atoms with van der Waals surface area (Å²) in [6, 6.07) is 0. The maximum atomic E-state index is 11.7. The molecule has 0 aliphatic carbocycles. The second-order valence-electron chi connectivity index (χ2n) is 4.44. The zero-order valence-corrected chi connectivity index (χ0v) is 9.37. The van der Waals surface area contributed by atoms with Crippen LogP contribution < -0.4 is 5.32 Å². The number of esters is 1. The molecule has 4 nitrogen and oxygen atoms in total. The molecule has 0 amide bonds. The molecular weight excluding hydrogens is 192 g/mol. The Balaban J connectivity index is 1.68. The monoisotopic (exact) mass is 212 g/mol. The number of rotatable bonds is 3. The van der Waals surface area contributed by atoms with E-state index in [9.17, 15) is 4.79 Å². The number of nitrogens with one attached hydrogen (secondary N) is 1. The lowest BCUT2D eigenvalue weighted by Crippen LogP contribution is -2.51. The standard InChI is InChI=1S/C11H20N2O2/c1-2-13-7-9(8-13)11(14)15-10-3-5-12-6-4-10/h9-10,12H,2-8H2,1H3. The van der Waals surface area contributed by atoms with Crippen LogP contribution in [-0.4, -0.2) is 49.7 Å². The third-order valence-corrected chi connectivity index (χ3v) is 3.31. The van der Waals surface area contributed by atoms with E-state index in [1.165, 1.54) is 0 Å². The van der Waals surface area contributed by atoms with Crippen LogP contribution in [0.2, 0.25) is 0 Å². The fourth-order valence-electron chi connectivity index (χ4n) is 2.15. The smallest absolute Gasteiger partial charge is 0.311 e. The highest BCUT2D eigenvalue weighted by Crippen LogP contribution is 2.18. The van der Waals surface area contributed by atoms with Crippen molar-refractivity contribution in [3.8, 4) is 0 Å². The molecule has 2 rings (SSSR count). The van der Waals surface area contributed by atoms with Crippen LogP contribution in [0.5, 0.6) is 0 Å². The number of hydrogen-bond acceptors (Lipinski definition) is 4. The molecule has 86 valence electrons. The number of carbonyl (C=O) groups excluding carboxylic acids is 1. The first-order valence-electron chi connectivity index (χ1n) is 5.93. The molecular formula is C11H20N2O2. The fraction of sp³-hybridized carbons (Fsp3) is 0.909. The Morgan fingerprint density at radius 2 is 2.07 bits per heavy atom. The van der Waals surface area contributed by atoms with E-state index in [1.807, 2.05) is 0 Å². The van der Waals surface area contributed by atoms with Crippen molar-refractivity contribution in [2.75, 3.05) is 32.7 Å². The molecule has 2 saturated heterocycles. The molecule has 0 bridgehead atoms. The molecule has 0 aromatic carbocycles. The quantitative estimate of drug-likeness (QED) is 0.680. The van der Waals surface area contributed by atoms with Crippen molar-refractivity contribution in [1.82, 2.24) is 10.2 Å². The lowest BCUT2D eigenvalue weighted by molar-refractivity contribution is -0.161. The minimum Gasteiger partial charge on any atom is -0.462 e. The minimum atomic E-state index is 0.0200. The maximum absolute atomic E-state index is 11.7. The number of likely N-dealkylation sites (tertiary alicyclic amines) is 1. The average molecular weight is 212 g/mol. The summed E-state index contributed by atoms with van der Waals surface area (Å²) in [6.07, 6.45) is 2.10. The molecule has 2 aliphatic heterocycles. The third kappa shape index (κ3) is 2.69. The first-order valence-corrected chi connectivity index (χ1v) is 5.93. The van der Waals surface area contributed by atoms with E-state index in [0.717, 1.165) is 45.6 Å². The van der Waals surface area contributed by atoms with E-state index < -0.39 is 0 Å². The number of carbonyl (C=O) groups is 1. The van der Waals surface area contributed by atoms with E-state index in [-0.39, 0.29) is 18.0 Å². The first kappa shape index (κ1) is 10.9. The fourth-order valence-corrected chi connectivity index (χ4v) is 2.15. The van der Waals surface area contributed by atoms with Crippen LogP contribution in [0.1, 0.15) is 19.8 Å². The third-order valence-electron chi connectivity index (χ3n) is 3.31. The molecule has 1 N–H and O–H groups in total. The van der Waals surface area contributed by atoms with Crippen LogP contribution >= 0.6 is 0 Å². The van der Waals surface area contributed by atoms with Gasteiger partial charge in [0, 0.05) is 13.1 Å². The molecule has 15 heavy (non-hydrogen) atoms. The summed E-state index contributed by atoms with van der Waals surface area (Å²) < 4.78 is 5.48. The highest BCUT2D eigenvalue weighted by Gasteiger charge is 2.34. The molecule has 0 spiro atoms. The van der Waals surface area contributed by atoms with Crippen LogP contribution in [0.3, 0.4) is 0 Å². The highest BCUT2D eigenvalue weighted by atomic mass is 16.5. The van der Waals surface area contributed by atoms with Crippen molar-refractivity contribution >= 4 is 5.97 Å². The Kier molecular flexibility index (Phi) is 3.59. The Morgan fingerprint density at radius 3 is 2.67 bits per heavy atom. The van der Waals surface area contributed by atoms with Gasteiger partial charge in [-0.1, -0.05) is 6.92 Å². The predicted octanol–water partition coefficient (Wildman–Crippen LogP) is 0.233. The molecule has 0 unspecified atom stereocenters. The lowest BCUT2D eigenvalue weighted by atomic mass is 10.0. The second-order valence-corrected chi connectivity index (χ2v) is 4.44. The summed E-state index contributed by atoms with van der Waals surface area (Å²) >= 11 is 0. The van der Waals surface area contributed by atoms with E-state index >= 15 is 0 Å². The van der Waals surface area contributed by atoms with Gasteiger partial charge in [-0.05, 0) is 32.5 Å². The van der Waals surface area contributed by atoms with Gasteiger partial charge >= 0.3 is 5.97 Å². The van der Waals surface area contributed by atoms with Gasteiger partial charge in [-0.25, -0.2) is 0 Å². The largest absolute Gasteiger partial charge is 0.462 e. The van der Waals surface area contributed by atoms with Crippen molar-refractivity contribution in [1.29, 1.82) is 0 Å². The SMILES string of the molecule is CCN1CC(C(=O)OC2CCNCC2)C1. The van der Waals surface area contributed by atoms with Crippen molar-refractivity contribution < 1.29 is 9.53 Å². The van der Waals surface area contributed by atoms with Gasteiger partial charge < -0.3 is 15.0 Å². The summed E-state index contributed by atoms with van der Waals surface area (Å²) in [6.45, 7) is 6.89. The first-order chi connectivity index (χ1) is 7.29. The number of hydrogen-bond donors (Lipinski definition) is 1. The summed E-state index contributed by atoms with van der Waals surface area (Å²) in [5, 5.41) is 3.26. The highest BCUT2D eigenvalue weighted by molar-refractivity contribution is 5.74. The van der Waals surface area contributed by atoms with E-state index in [0.29, 0.717) is 0 Å². The average Bonchev–Trinajstić information content (AvgIpc) is 2.17. The van der Waals surface area contributed by atoms with Gasteiger partial charge in [0.15, 0.2) is 0 Å². The molecule has 0 saturated carbocycles. The lowest BCUT2D eigenvalue weighted by Gasteiger charge is -2.37. The second kappa shape index (κ2) is 4.94. The summed E-state index contributed by atoms with van der Waals surface area (Å²) in [4.78, 5) is 13.9. The Morgan fingerprint density at radius 1 is 1.40 bits per heavy atom. The van der Waals surface area contributed by atoms with Gasteiger partial charge in [-0.15, -0.1) is 0 Å². The van der Waals surface area contributed by atoms with Gasteiger partial charge in [-0.2, -0.15) is 0 Å². The molecule has 0 atom stereocenters. The van der Waals surface area contributed by atoms with Gasteiger partial charge in [0.05, 0.1) is 5.92 Å². The molecule has 4 heteroatoms. The van der Waals surface area contributed by atoms with Crippen molar-refractivity contribution in [2.24, 2.45) is 5.92 Å². The summed E-state index contributed by atoms with van der Waals surface area (Å²) in [7, 11) is 0. The van der Waals surface area contributed by atoms with Crippen LogP contribution in [0.4, 0.5) is 0 Å². The van der Waals surface area contributed by atoms with Gasteiger partial charge in [0.1, 0.15) is 6.10 Å². The molecule has 0 aromatic heterocycles. The molecule has 2 heterocycles. The normalized spacial score (nSPS) is 24.9. The maximum Gasteiger partial charge on any atom is 0.311 e. The van der Waals surface area contributed by atoms with E-state index in [2.05, 4.69) is 17.1 Å². The predicted molar refractivity (Wildman–Crippen MR) is 57.6 cm³/mol. The number of ether oxygens (including phenoxy) is 1. The zero-order chi connectivity index (χ0) is 10.7. The van der Waals surface area contributed by atoms with Gasteiger partial charge in [0.2, 0.25) is 0 Å². The Bertz CT molecular complexity index is 221. The van der Waals surface area contributed by atoms with Crippen molar-refractivity contribution in [3.05, 3.63) is 0 Å². The zero-order valence-electron chi connectivity index (χ0n) is 9.37. The minimum absolute atomic E-state index is 0.0200. The topological polar surface area (TPSA) is 41.6 Å². The number of nitrogens with zero attached hydrogens (tertiary/aromatic N) is 1. The van der Waals surface area contributed by atoms with E-state index in [4.69, 9.17) is 4.74 Å². The summed E-state index contributed by atoms with van der Waals surface area (Å²) in [5.74, 6) is 0.159. The Labute approximate surface area is 91.0 Å². The van der Waals surface area contributed by atoms with Crippen molar-refractivity contribution in [2.45, 2.75) is 25.9 Å². The van der Waals surface area contributed by atoms with Gasteiger partial charge in [0.25, 0.3) is 0 Å². The van der Waals surface area contributed by atoms with Crippen LogP contribution in [0.25, 0.3) is 0 Å².